The highest BCUT2D eigenvalue weighted by Crippen LogP contribution is 2.32. The molecule has 1 aromatic heterocycles. The Labute approximate surface area is 348 Å². The van der Waals surface area contributed by atoms with Crippen LogP contribution in [0.25, 0.3) is 0 Å². The Kier molecular flexibility index (Phi) is 19.8. The second kappa shape index (κ2) is 23.9. The zero-order valence-electron chi connectivity index (χ0n) is 35.6. The van der Waals surface area contributed by atoms with E-state index in [2.05, 4.69) is 20.9 Å². The minimum Gasteiger partial charge on any atom is -0.481 e. The van der Waals surface area contributed by atoms with Crippen molar-refractivity contribution in [1.29, 1.82) is 0 Å². The van der Waals surface area contributed by atoms with Crippen LogP contribution in [0.2, 0.25) is 0 Å². The van der Waals surface area contributed by atoms with Gasteiger partial charge in [0.25, 0.3) is 5.91 Å². The third kappa shape index (κ3) is 14.8. The first kappa shape index (κ1) is 48.0. The maximum Gasteiger partial charge on any atom is 0.306 e. The molecule has 3 rings (SSSR count). The maximum atomic E-state index is 14.8. The van der Waals surface area contributed by atoms with Crippen molar-refractivity contribution in [1.82, 2.24) is 30.7 Å². The second-order valence-electron chi connectivity index (χ2n) is 16.1. The lowest BCUT2D eigenvalue weighted by molar-refractivity contribution is -0.151. The van der Waals surface area contributed by atoms with E-state index in [0.717, 1.165) is 49.1 Å². The molecule has 7 atom stereocenters. The van der Waals surface area contributed by atoms with Gasteiger partial charge < -0.3 is 30.7 Å². The molecular formula is C43H66N6O8S. The summed E-state index contributed by atoms with van der Waals surface area (Å²) in [4.78, 5) is 88.2. The van der Waals surface area contributed by atoms with Crippen molar-refractivity contribution in [3.05, 3.63) is 52.0 Å². The van der Waals surface area contributed by atoms with Gasteiger partial charge in [-0.1, -0.05) is 91.1 Å². The average Bonchev–Trinajstić information content (AvgIpc) is 3.68. The van der Waals surface area contributed by atoms with E-state index in [1.54, 1.807) is 12.3 Å². The molecule has 1 aliphatic rings. The third-order valence-corrected chi connectivity index (χ3v) is 11.9. The van der Waals surface area contributed by atoms with Crippen molar-refractivity contribution in [2.45, 2.75) is 137 Å². The topological polar surface area (TPSA) is 187 Å². The summed E-state index contributed by atoms with van der Waals surface area (Å²) in [6, 6.07) is 7.05. The number of aromatic nitrogens is 1. The summed E-state index contributed by atoms with van der Waals surface area (Å²) in [5.41, 5.74) is 1.02. The molecule has 1 aromatic carbocycles. The van der Waals surface area contributed by atoms with Gasteiger partial charge >= 0.3 is 11.9 Å². The molecule has 322 valence electrons. The number of likely N-dealkylation sites (tertiary alicyclic amines) is 1. The van der Waals surface area contributed by atoms with E-state index in [4.69, 9.17) is 4.74 Å². The fourth-order valence-electron chi connectivity index (χ4n) is 7.29. The number of piperidine rings is 1. The Morgan fingerprint density at radius 3 is 2.33 bits per heavy atom. The minimum absolute atomic E-state index is 0.0685. The highest BCUT2D eigenvalue weighted by atomic mass is 32.1. The number of nitrogens with zero attached hydrogens (tertiary/aromatic N) is 3. The fourth-order valence-corrected chi connectivity index (χ4v) is 8.13. The zero-order chi connectivity index (χ0) is 42.9. The molecule has 0 spiro atoms. The van der Waals surface area contributed by atoms with Crippen molar-refractivity contribution in [2.24, 2.45) is 17.8 Å². The lowest BCUT2D eigenvalue weighted by atomic mass is 9.92. The summed E-state index contributed by atoms with van der Waals surface area (Å²) >= 11 is 1.13. The average molecular weight is 827 g/mol. The Bertz CT molecular complexity index is 1650. The molecule has 0 radical (unpaired) electrons. The van der Waals surface area contributed by atoms with Crippen molar-refractivity contribution in [3.8, 4) is 0 Å². The van der Waals surface area contributed by atoms with Crippen LogP contribution in [-0.2, 0) is 35.1 Å². The number of thiazole rings is 1. The monoisotopic (exact) mass is 826 g/mol. The predicted molar refractivity (Wildman–Crippen MR) is 224 cm³/mol. The molecule has 1 aliphatic heterocycles. The maximum absolute atomic E-state index is 14.8. The molecule has 0 aliphatic carbocycles. The van der Waals surface area contributed by atoms with Crippen LogP contribution in [0.4, 0.5) is 0 Å². The number of unbranched alkanes of at least 4 members (excludes halogenated alkanes) is 1. The number of likely N-dealkylation sites (N-methyl/N-ethyl adjacent to an activating group) is 1. The van der Waals surface area contributed by atoms with Gasteiger partial charge in [0, 0.05) is 37.4 Å². The zero-order valence-corrected chi connectivity index (χ0v) is 36.4. The number of carbonyl (C=O) groups excluding carboxylic acids is 5. The molecule has 0 bridgehead atoms. The highest BCUT2D eigenvalue weighted by molar-refractivity contribution is 7.09. The normalized spacial score (nSPS) is 17.6. The summed E-state index contributed by atoms with van der Waals surface area (Å²) in [5.74, 6) is -4.20. The van der Waals surface area contributed by atoms with E-state index >= 15 is 0 Å². The molecule has 2 aromatic rings. The van der Waals surface area contributed by atoms with Crippen LogP contribution in [-0.4, -0.2) is 106 Å². The van der Waals surface area contributed by atoms with E-state index < -0.39 is 53.9 Å². The van der Waals surface area contributed by atoms with Gasteiger partial charge in [0.1, 0.15) is 16.7 Å². The fraction of sp³-hybridized carbons (Fsp3) is 0.651. The number of amides is 4. The van der Waals surface area contributed by atoms with Crippen LogP contribution in [0.3, 0.4) is 0 Å². The first-order valence-electron chi connectivity index (χ1n) is 20.8. The van der Waals surface area contributed by atoms with Gasteiger partial charge in [-0.3, -0.25) is 33.7 Å². The van der Waals surface area contributed by atoms with Crippen LogP contribution >= 0.6 is 11.3 Å². The van der Waals surface area contributed by atoms with E-state index in [1.165, 1.54) is 11.8 Å². The van der Waals surface area contributed by atoms with Gasteiger partial charge in [-0.15, -0.1) is 11.3 Å². The number of ether oxygens (including phenoxy) is 1. The quantitative estimate of drug-likeness (QED) is 0.0838. The van der Waals surface area contributed by atoms with E-state index in [0.29, 0.717) is 30.8 Å². The predicted octanol–water partition coefficient (Wildman–Crippen LogP) is 5.37. The standard InChI is InChI=1S/C43H66N6O8S/c1-9-11-20-44-37(51)25-49(42(54)38(28(5)10-2)47-40(53)34-19-15-16-21-48(34)8)35(27(3)4)24-36(57-30(7)50)41-46-33(26-58-41)39(52)45-32(22-29(6)43(55)56)23-31-17-13-12-14-18-31/h12-14,17-18,26-29,32,34-36,38H,9-11,15-16,19-25H2,1-8H3,(H,44,51)(H,45,52)(H,47,53)(H,55,56)/t28-,29-,32+,34+,35+,36+,38-/m0/s1. The number of aliphatic carboxylic acids is 1. The first-order valence-corrected chi connectivity index (χ1v) is 21.7. The lowest BCUT2D eigenvalue weighted by Crippen LogP contribution is -2.60. The Hall–Kier alpha value is -4.37. The Morgan fingerprint density at radius 1 is 1.02 bits per heavy atom. The summed E-state index contributed by atoms with van der Waals surface area (Å²) < 4.78 is 5.85. The molecule has 58 heavy (non-hydrogen) atoms. The van der Waals surface area contributed by atoms with Crippen LogP contribution in [0, 0.1) is 17.8 Å². The third-order valence-electron chi connectivity index (χ3n) is 11.0. The van der Waals surface area contributed by atoms with Crippen molar-refractivity contribution in [2.75, 3.05) is 26.7 Å². The van der Waals surface area contributed by atoms with Gasteiger partial charge in [-0.05, 0) is 63.1 Å². The number of esters is 1. The highest BCUT2D eigenvalue weighted by Gasteiger charge is 2.39. The summed E-state index contributed by atoms with van der Waals surface area (Å²) in [6.45, 7) is 13.6. The summed E-state index contributed by atoms with van der Waals surface area (Å²) in [5, 5.41) is 20.5. The number of carbonyl (C=O) groups is 6. The molecular weight excluding hydrogens is 761 g/mol. The Morgan fingerprint density at radius 2 is 1.72 bits per heavy atom. The number of nitrogens with one attached hydrogen (secondary N) is 3. The van der Waals surface area contributed by atoms with E-state index in [9.17, 15) is 33.9 Å². The van der Waals surface area contributed by atoms with Crippen LogP contribution in [0.1, 0.15) is 127 Å². The van der Waals surface area contributed by atoms with E-state index in [-0.39, 0.29) is 54.8 Å². The van der Waals surface area contributed by atoms with Gasteiger partial charge in [0.2, 0.25) is 17.7 Å². The molecule has 4 amide bonds. The molecule has 14 nitrogen and oxygen atoms in total. The van der Waals surface area contributed by atoms with Crippen LogP contribution in [0.5, 0.6) is 0 Å². The van der Waals surface area contributed by atoms with Gasteiger partial charge in [0.05, 0.1) is 18.5 Å². The number of carboxylic acids is 1. The molecule has 4 N–H and O–H groups in total. The van der Waals surface area contributed by atoms with Gasteiger partial charge in [0.15, 0.2) is 6.10 Å². The lowest BCUT2D eigenvalue weighted by Gasteiger charge is -2.39. The number of rotatable bonds is 23. The summed E-state index contributed by atoms with van der Waals surface area (Å²) in [7, 11) is 1.91. The first-order chi connectivity index (χ1) is 27.6. The smallest absolute Gasteiger partial charge is 0.306 e. The molecule has 0 saturated carbocycles. The van der Waals surface area contributed by atoms with Crippen molar-refractivity contribution in [3.63, 3.8) is 0 Å². The number of hydrogen-bond acceptors (Lipinski definition) is 10. The minimum atomic E-state index is -0.977. The largest absolute Gasteiger partial charge is 0.481 e. The van der Waals surface area contributed by atoms with Gasteiger partial charge in [-0.2, -0.15) is 0 Å². The van der Waals surface area contributed by atoms with Crippen molar-refractivity contribution >= 4 is 46.9 Å². The Balaban J connectivity index is 1.96. The molecule has 15 heteroatoms. The molecule has 1 fully saturated rings. The van der Waals surface area contributed by atoms with Gasteiger partial charge in [-0.25, -0.2) is 4.98 Å². The van der Waals surface area contributed by atoms with Crippen LogP contribution < -0.4 is 16.0 Å². The molecule has 2 heterocycles. The summed E-state index contributed by atoms with van der Waals surface area (Å²) in [6.07, 6.45) is 4.56. The second-order valence-corrected chi connectivity index (χ2v) is 17.0. The number of carboxylic acid groups (broad SMARTS) is 1. The van der Waals surface area contributed by atoms with Crippen LogP contribution in [0.15, 0.2) is 35.7 Å². The SMILES string of the molecule is CCCCNC(=O)CN(C(=O)[C@@H](NC(=O)[C@H]1CCCCN1C)[C@@H](C)CC)[C@H](C[C@@H](OC(C)=O)c1nc(C(=O)N[C@@H](Cc2ccccc2)C[C@H](C)C(=O)O)cs1)C(C)C. The number of hydrogen-bond donors (Lipinski definition) is 4. The van der Waals surface area contributed by atoms with E-state index in [1.807, 2.05) is 76.9 Å². The number of benzene rings is 1. The molecule has 0 unspecified atom stereocenters. The van der Waals surface area contributed by atoms with Crippen molar-refractivity contribution < 1.29 is 38.6 Å². The molecule has 1 saturated heterocycles.